The Balaban J connectivity index is 4.81. The summed E-state index contributed by atoms with van der Waals surface area (Å²) < 4.78 is 5.20. The fraction of sp³-hybridized carbons (Fsp3) is 0.867. The number of ether oxygens (including phenoxy) is 1. The topological polar surface area (TPSA) is 78.9 Å². The first kappa shape index (κ1) is 21.0. The molecule has 0 aliphatic rings. The van der Waals surface area contributed by atoms with E-state index in [4.69, 9.17) is 4.74 Å². The largest absolute Gasteiger partial charge is 0.444 e. The van der Waals surface area contributed by atoms with Gasteiger partial charge in [0.2, 0.25) is 5.91 Å². The Bertz CT molecular complexity index is 375. The van der Waals surface area contributed by atoms with E-state index in [2.05, 4.69) is 5.32 Å². The van der Waals surface area contributed by atoms with E-state index in [1.54, 1.807) is 53.4 Å². The molecule has 0 saturated carbocycles. The standard InChI is InChI=1S/C15H30N2O4S/c1-14(2,3)21-13(19)16-11(8-9-22-7)12(18)17(6)10-15(4,5)20/h11,20H,8-10H2,1-7H3,(H,16,19)/t11-/m0/s1. The number of amides is 2. The Morgan fingerprint density at radius 3 is 2.23 bits per heavy atom. The highest BCUT2D eigenvalue weighted by molar-refractivity contribution is 7.98. The molecule has 0 bridgehead atoms. The van der Waals surface area contributed by atoms with Gasteiger partial charge in [-0.1, -0.05) is 0 Å². The van der Waals surface area contributed by atoms with Gasteiger partial charge in [0, 0.05) is 13.6 Å². The third-order valence-electron chi connectivity index (χ3n) is 2.60. The van der Waals surface area contributed by atoms with Gasteiger partial charge in [-0.2, -0.15) is 11.8 Å². The highest BCUT2D eigenvalue weighted by Crippen LogP contribution is 2.11. The maximum atomic E-state index is 12.5. The van der Waals surface area contributed by atoms with E-state index in [0.29, 0.717) is 6.42 Å². The minimum atomic E-state index is -0.986. The first-order valence-electron chi connectivity index (χ1n) is 7.31. The summed E-state index contributed by atoms with van der Waals surface area (Å²) in [6.45, 7) is 8.77. The predicted octanol–water partition coefficient (Wildman–Crippen LogP) is 1.86. The summed E-state index contributed by atoms with van der Waals surface area (Å²) in [5.41, 5.74) is -1.60. The van der Waals surface area contributed by atoms with Gasteiger partial charge in [0.15, 0.2) is 0 Å². The van der Waals surface area contributed by atoms with E-state index in [-0.39, 0.29) is 12.5 Å². The van der Waals surface area contributed by atoms with Crippen molar-refractivity contribution in [3.05, 3.63) is 0 Å². The van der Waals surface area contributed by atoms with Crippen LogP contribution in [0.4, 0.5) is 4.79 Å². The molecule has 2 N–H and O–H groups in total. The van der Waals surface area contributed by atoms with Crippen molar-refractivity contribution in [2.45, 2.75) is 58.3 Å². The van der Waals surface area contributed by atoms with Crippen LogP contribution in [0.5, 0.6) is 0 Å². The zero-order valence-corrected chi connectivity index (χ0v) is 15.5. The zero-order valence-electron chi connectivity index (χ0n) is 14.7. The smallest absolute Gasteiger partial charge is 0.408 e. The summed E-state index contributed by atoms with van der Waals surface area (Å²) >= 11 is 1.60. The van der Waals surface area contributed by atoms with Crippen molar-refractivity contribution in [1.29, 1.82) is 0 Å². The first-order chi connectivity index (χ1) is 9.85. The van der Waals surface area contributed by atoms with Gasteiger partial charge in [0.05, 0.1) is 5.60 Å². The minimum Gasteiger partial charge on any atom is -0.444 e. The van der Waals surface area contributed by atoms with Crippen LogP contribution in [0.2, 0.25) is 0 Å². The number of hydrogen-bond acceptors (Lipinski definition) is 5. The number of rotatable bonds is 7. The van der Waals surface area contributed by atoms with Gasteiger partial charge in [-0.05, 0) is 53.0 Å². The second kappa shape index (κ2) is 8.62. The van der Waals surface area contributed by atoms with E-state index in [1.807, 2.05) is 6.26 Å². The lowest BCUT2D eigenvalue weighted by Gasteiger charge is -2.29. The van der Waals surface area contributed by atoms with Crippen LogP contribution in [0.1, 0.15) is 41.0 Å². The van der Waals surface area contributed by atoms with E-state index in [1.165, 1.54) is 4.90 Å². The van der Waals surface area contributed by atoms with Crippen molar-refractivity contribution in [3.63, 3.8) is 0 Å². The molecule has 22 heavy (non-hydrogen) atoms. The van der Waals surface area contributed by atoms with E-state index < -0.39 is 23.3 Å². The molecule has 0 aliphatic carbocycles. The summed E-state index contributed by atoms with van der Waals surface area (Å²) in [5, 5.41) is 12.4. The molecule has 6 nitrogen and oxygen atoms in total. The summed E-state index contributed by atoms with van der Waals surface area (Å²) in [6, 6.07) is -0.658. The van der Waals surface area contributed by atoms with Crippen LogP contribution in [0.15, 0.2) is 0 Å². The molecule has 0 rings (SSSR count). The molecule has 0 radical (unpaired) electrons. The van der Waals surface area contributed by atoms with Gasteiger partial charge < -0.3 is 20.1 Å². The lowest BCUT2D eigenvalue weighted by molar-refractivity contribution is -0.134. The lowest BCUT2D eigenvalue weighted by Crippen LogP contribution is -2.51. The molecule has 0 aromatic rings. The SMILES string of the molecule is CSCC[C@H](NC(=O)OC(C)(C)C)C(=O)N(C)CC(C)(C)O. The third-order valence-corrected chi connectivity index (χ3v) is 3.24. The fourth-order valence-electron chi connectivity index (χ4n) is 1.87. The fourth-order valence-corrected chi connectivity index (χ4v) is 2.34. The zero-order chi connectivity index (χ0) is 17.6. The second-order valence-electron chi connectivity index (χ2n) is 6.99. The molecule has 1 atom stereocenters. The van der Waals surface area contributed by atoms with Crippen LogP contribution in [-0.2, 0) is 9.53 Å². The Hall–Kier alpha value is -0.950. The average molecular weight is 334 g/mol. The van der Waals surface area contributed by atoms with Gasteiger partial charge in [-0.25, -0.2) is 4.79 Å². The lowest BCUT2D eigenvalue weighted by atomic mass is 10.1. The molecule has 0 fully saturated rings. The summed E-state index contributed by atoms with van der Waals surface area (Å²) in [5.74, 6) is 0.504. The molecular formula is C15H30N2O4S. The number of thioether (sulfide) groups is 1. The Morgan fingerprint density at radius 1 is 1.27 bits per heavy atom. The van der Waals surface area contributed by atoms with Crippen LogP contribution in [0, 0.1) is 0 Å². The summed E-state index contributed by atoms with van der Waals surface area (Å²) in [6.07, 6.45) is 1.84. The van der Waals surface area contributed by atoms with Gasteiger partial charge >= 0.3 is 6.09 Å². The van der Waals surface area contributed by atoms with Crippen molar-refractivity contribution in [2.24, 2.45) is 0 Å². The molecule has 130 valence electrons. The molecule has 0 aromatic carbocycles. The quantitative estimate of drug-likeness (QED) is 0.743. The number of carbonyl (C=O) groups excluding carboxylic acids is 2. The maximum absolute atomic E-state index is 12.5. The van der Waals surface area contributed by atoms with E-state index >= 15 is 0 Å². The predicted molar refractivity (Wildman–Crippen MR) is 90.1 cm³/mol. The highest BCUT2D eigenvalue weighted by atomic mass is 32.2. The van der Waals surface area contributed by atoms with Crippen molar-refractivity contribution in [2.75, 3.05) is 25.6 Å². The molecular weight excluding hydrogens is 304 g/mol. The van der Waals surface area contributed by atoms with Gasteiger partial charge in [-0.15, -0.1) is 0 Å². The molecule has 0 aromatic heterocycles. The Labute approximate surface area is 138 Å². The number of nitrogens with one attached hydrogen (secondary N) is 1. The van der Waals surface area contributed by atoms with Gasteiger partial charge in [0.1, 0.15) is 11.6 Å². The van der Waals surface area contributed by atoms with Crippen molar-refractivity contribution < 1.29 is 19.4 Å². The normalized spacial score (nSPS) is 13.5. The summed E-state index contributed by atoms with van der Waals surface area (Å²) in [7, 11) is 1.61. The minimum absolute atomic E-state index is 0.192. The molecule has 0 saturated heterocycles. The molecule has 0 heterocycles. The van der Waals surface area contributed by atoms with Crippen LogP contribution in [0.25, 0.3) is 0 Å². The number of nitrogens with zero attached hydrogens (tertiary/aromatic N) is 1. The number of alkyl carbamates (subject to hydrolysis) is 1. The number of hydrogen-bond donors (Lipinski definition) is 2. The molecule has 0 unspecified atom stereocenters. The Morgan fingerprint density at radius 2 is 1.82 bits per heavy atom. The maximum Gasteiger partial charge on any atom is 0.408 e. The highest BCUT2D eigenvalue weighted by Gasteiger charge is 2.28. The van der Waals surface area contributed by atoms with Crippen molar-refractivity contribution in [3.8, 4) is 0 Å². The van der Waals surface area contributed by atoms with Crippen molar-refractivity contribution >= 4 is 23.8 Å². The third kappa shape index (κ3) is 9.89. The van der Waals surface area contributed by atoms with Crippen LogP contribution in [-0.4, -0.2) is 64.9 Å². The Kier molecular flexibility index (Phi) is 8.25. The van der Waals surface area contributed by atoms with Crippen LogP contribution in [0.3, 0.4) is 0 Å². The number of likely N-dealkylation sites (N-methyl/N-ethyl adjacent to an activating group) is 1. The molecule has 0 spiro atoms. The molecule has 7 heteroatoms. The van der Waals surface area contributed by atoms with E-state index in [0.717, 1.165) is 5.75 Å². The van der Waals surface area contributed by atoms with Crippen LogP contribution >= 0.6 is 11.8 Å². The number of carbonyl (C=O) groups is 2. The van der Waals surface area contributed by atoms with Gasteiger partial charge in [0.25, 0.3) is 0 Å². The first-order valence-corrected chi connectivity index (χ1v) is 8.71. The number of aliphatic hydroxyl groups is 1. The monoisotopic (exact) mass is 334 g/mol. The van der Waals surface area contributed by atoms with Gasteiger partial charge in [-0.3, -0.25) is 4.79 Å². The average Bonchev–Trinajstić information content (AvgIpc) is 2.29. The summed E-state index contributed by atoms with van der Waals surface area (Å²) in [4.78, 5) is 25.8. The van der Waals surface area contributed by atoms with Crippen molar-refractivity contribution in [1.82, 2.24) is 10.2 Å². The van der Waals surface area contributed by atoms with Crippen LogP contribution < -0.4 is 5.32 Å². The molecule has 0 aliphatic heterocycles. The molecule has 2 amide bonds. The van der Waals surface area contributed by atoms with E-state index in [9.17, 15) is 14.7 Å². The second-order valence-corrected chi connectivity index (χ2v) is 7.97.